The molecule has 2 saturated heterocycles. The number of likely N-dealkylation sites (tertiary alicyclic amines) is 1. The molecule has 19 amide bonds. The number of aliphatic hydroxyl groups excluding tert-OH is 4. The molecule has 2 heterocycles. The minimum absolute atomic E-state index is 0.0437. The summed E-state index contributed by atoms with van der Waals surface area (Å²) in [6, 6.07) is -24.2. The van der Waals surface area contributed by atoms with Crippen LogP contribution in [-0.2, 0) is 101 Å². The predicted octanol–water partition coefficient (Wildman–Crippen LogP) is -3.52. The van der Waals surface area contributed by atoms with Gasteiger partial charge < -0.3 is 138 Å². The number of carbonyl (C=O) groups excluding carboxylic acids is 20. The normalized spacial score (nSPS) is 20.1. The third-order valence-corrected chi connectivity index (χ3v) is 23.7. The number of ether oxygens (including phenoxy) is 1. The third-order valence-electron chi connectivity index (χ3n) is 23.7. The summed E-state index contributed by atoms with van der Waals surface area (Å²) in [5.74, 6) is -23.7. The van der Waals surface area contributed by atoms with Gasteiger partial charge in [-0.2, -0.15) is 0 Å². The van der Waals surface area contributed by atoms with E-state index in [2.05, 4.69) is 90.4 Å². The van der Waals surface area contributed by atoms with Crippen molar-refractivity contribution in [3.8, 4) is 0 Å². The van der Waals surface area contributed by atoms with Gasteiger partial charge in [-0.05, 0) is 158 Å². The smallest absolute Gasteiger partial charge is 0.328 e. The number of unbranched alkanes of at least 4 members (excludes halogenated alkanes) is 3. The van der Waals surface area contributed by atoms with Gasteiger partial charge in [0.25, 0.3) is 11.8 Å². The van der Waals surface area contributed by atoms with Crippen molar-refractivity contribution in [2.75, 3.05) is 39.5 Å². The van der Waals surface area contributed by atoms with Gasteiger partial charge in [-0.15, -0.1) is 0 Å². The van der Waals surface area contributed by atoms with Gasteiger partial charge in [0.15, 0.2) is 0 Å². The molecule has 0 saturated carbocycles. The van der Waals surface area contributed by atoms with E-state index in [0.29, 0.717) is 25.7 Å². The topological polar surface area (TPSA) is 717 Å². The highest BCUT2D eigenvalue weighted by atomic mass is 16.5. The number of amides is 19. The number of rotatable bonds is 57. The van der Waals surface area contributed by atoms with Crippen LogP contribution in [0.1, 0.15) is 254 Å². The minimum atomic E-state index is -1.89. The molecule has 0 aromatic rings. The van der Waals surface area contributed by atoms with Crippen LogP contribution in [0.5, 0.6) is 0 Å². The van der Waals surface area contributed by atoms with E-state index < -0.39 is 295 Å². The molecule has 0 aromatic heterocycles. The van der Waals surface area contributed by atoms with E-state index >= 15 is 0 Å². The molecule has 2 fully saturated rings. The number of hydrogen-bond donors (Lipinski definition) is 24. The Bertz CT molecular complexity index is 4220. The second kappa shape index (κ2) is 63.4. The van der Waals surface area contributed by atoms with Gasteiger partial charge in [0, 0.05) is 19.6 Å². The zero-order valence-electron chi connectivity index (χ0n) is 85.2. The van der Waals surface area contributed by atoms with E-state index in [9.17, 15) is 116 Å². The van der Waals surface area contributed by atoms with Crippen molar-refractivity contribution in [1.82, 2.24) is 95.3 Å². The Balaban J connectivity index is 2.45. The van der Waals surface area contributed by atoms with Gasteiger partial charge in [0.2, 0.25) is 100 Å². The van der Waals surface area contributed by atoms with Crippen LogP contribution < -0.4 is 108 Å². The first-order valence-electron chi connectivity index (χ1n) is 49.0. The number of carbonyl (C=O) groups is 20. The maximum Gasteiger partial charge on any atom is 0.328 e. The van der Waals surface area contributed by atoms with Crippen LogP contribution >= 0.6 is 0 Å². The van der Waals surface area contributed by atoms with Crippen molar-refractivity contribution in [2.45, 2.75) is 363 Å². The fraction of sp³-hybridized carbons (Fsp3) is 0.745. The summed E-state index contributed by atoms with van der Waals surface area (Å²) < 4.78 is 5.83. The lowest BCUT2D eigenvalue weighted by Gasteiger charge is -2.32. The highest BCUT2D eigenvalue weighted by molar-refractivity contribution is 6.05. The standard InChI is InChI=1S/C94H163N21O25/c1-21-25-26-30-56(119)44-70(121)98-58(24-4)93(138)115-39-29-32-68(115)86(131)107-66(45-117)84(129)105-64(42-48(7)8)82(127)110-72(51(13)14)89(134)108-67(46-118)85(130)106-65(43-49(9)10)83(128)111-74(53(17)18)90(135)112-73(52(15)16)88(133)101-59(33-34-69(97)120)78(123)104-63(41-47(5)6)81(126)109-71(50(11)12)87(132)99-57(23-3)77(122)114-76-55(20)140-94(139)62(31-27-28-37-95)103-79(124)60(35-38-96)100-80(125)61(36-40-116)102-91(136)75(54(19)22-2)113-92(76)137/h23-24,47-56,59-68,71-76,116-119H,21-22,25-46,95-96H2,1-20H3,(H2,97,120)(H,98,121)(H,99,132)(H,100,125)(H,101,133)(H,102,136)(H,103,124)(H,104,123)(H,105,129)(H,106,130)(H,107,131)(H,108,134)(H,109,126)(H,110,127)(H,111,128)(H,112,135)(H,113,137)(H,114,122)/b57-23?,58-24+/t54?,55-,56?,59-,60-,61+,62+,63+,64+,65-,66+,67+,68+,71-,72+,73+,74-,75+,76-/m1/s1. The average molecular weight is 1990 g/mol. The van der Waals surface area contributed by atoms with Crippen LogP contribution in [-0.4, -0.2) is 292 Å². The number of cyclic esters (lactones) is 1. The first-order valence-corrected chi connectivity index (χ1v) is 49.0. The van der Waals surface area contributed by atoms with E-state index in [1.807, 2.05) is 6.92 Å². The summed E-state index contributed by atoms with van der Waals surface area (Å²) >= 11 is 0. The second-order valence-corrected chi connectivity index (χ2v) is 38.5. The van der Waals surface area contributed by atoms with Crippen molar-refractivity contribution >= 4 is 118 Å². The zero-order chi connectivity index (χ0) is 106. The van der Waals surface area contributed by atoms with E-state index in [1.165, 1.54) is 31.7 Å². The SMILES string of the molecule is CC=C(NC(=O)[C@H](NC(=O)[C@H](CC(C)C)NC(=O)[C@@H](CCC(N)=O)NC(=O)[C@@H](NC(=O)[C@H](NC(=O)[C@@H](CC(C)C)NC(=O)[C@H](CO)NC(=O)[C@@H](NC(=O)[C@H](CC(C)C)NC(=O)[C@H](CO)NC(=O)[C@@H]1CCCN1C(=O)/C(=C\C)NC(=O)CC(O)CCCCC)C(C)C)C(C)C)C(C)C)C(C)C)C(=O)N[C@H]1C(=O)N[C@@H](C(C)CC)C(=O)N[C@@H](CCO)C(=O)N[C@H](CCN)C(=O)N[C@@H](CCCCN)C(=O)O[C@@H]1C. The molecule has 2 rings (SSSR count). The summed E-state index contributed by atoms with van der Waals surface area (Å²) in [4.78, 5) is 284. The van der Waals surface area contributed by atoms with Crippen molar-refractivity contribution in [3.63, 3.8) is 0 Å². The Kier molecular flexibility index (Phi) is 56.5. The molecular formula is C94H163N21O25. The number of primary amides is 1. The van der Waals surface area contributed by atoms with Gasteiger partial charge in [-0.25, -0.2) is 4.79 Å². The van der Waals surface area contributed by atoms with Crippen molar-refractivity contribution in [1.29, 1.82) is 0 Å². The lowest BCUT2D eigenvalue weighted by molar-refractivity contribution is -0.156. The third kappa shape index (κ3) is 42.2. The Labute approximate surface area is 821 Å². The summed E-state index contributed by atoms with van der Waals surface area (Å²) in [5.41, 5.74) is 16.5. The molecule has 2 unspecified atom stereocenters. The lowest BCUT2D eigenvalue weighted by Crippen LogP contribution is -2.63. The molecule has 46 heteroatoms. The first kappa shape index (κ1) is 125. The monoisotopic (exact) mass is 1990 g/mol. The molecule has 0 aromatic carbocycles. The number of nitrogens with zero attached hydrogens (tertiary/aromatic N) is 1. The maximum atomic E-state index is 14.7. The fourth-order valence-electron chi connectivity index (χ4n) is 15.4. The molecule has 0 spiro atoms. The molecule has 0 radical (unpaired) electrons. The second-order valence-electron chi connectivity index (χ2n) is 38.5. The molecule has 140 heavy (non-hydrogen) atoms. The number of nitrogens with one attached hydrogen (secondary N) is 17. The molecular weight excluding hydrogens is 1820 g/mol. The average Bonchev–Trinajstić information content (AvgIpc) is 1.67. The maximum absolute atomic E-state index is 14.7. The minimum Gasteiger partial charge on any atom is -0.458 e. The van der Waals surface area contributed by atoms with Crippen LogP contribution in [0.2, 0.25) is 0 Å². The Morgan fingerprint density at radius 2 is 0.900 bits per heavy atom. The first-order chi connectivity index (χ1) is 65.7. The Morgan fingerprint density at radius 1 is 0.471 bits per heavy atom. The summed E-state index contributed by atoms with van der Waals surface area (Å²) in [6.07, 6.45) is 2.26. The quantitative estimate of drug-likeness (QED) is 0.0159. The summed E-state index contributed by atoms with van der Waals surface area (Å²) in [6.45, 7) is 29.7. The summed E-state index contributed by atoms with van der Waals surface area (Å²) in [5, 5.41) is 84.9. The van der Waals surface area contributed by atoms with E-state index in [-0.39, 0.29) is 107 Å². The van der Waals surface area contributed by atoms with Crippen molar-refractivity contribution in [2.24, 2.45) is 64.5 Å². The number of esters is 1. The molecule has 2 aliphatic heterocycles. The number of nitrogens with two attached hydrogens (primary N) is 3. The Morgan fingerprint density at radius 3 is 1.34 bits per heavy atom. The van der Waals surface area contributed by atoms with Gasteiger partial charge in [0.1, 0.15) is 114 Å². The summed E-state index contributed by atoms with van der Waals surface area (Å²) in [7, 11) is 0. The van der Waals surface area contributed by atoms with Crippen LogP contribution in [0.3, 0.4) is 0 Å². The van der Waals surface area contributed by atoms with E-state index in [4.69, 9.17) is 21.9 Å². The fourth-order valence-corrected chi connectivity index (χ4v) is 15.4. The van der Waals surface area contributed by atoms with Gasteiger partial charge in [-0.3, -0.25) is 91.1 Å². The molecule has 794 valence electrons. The van der Waals surface area contributed by atoms with E-state index in [0.717, 1.165) is 18.9 Å². The highest BCUT2D eigenvalue weighted by Gasteiger charge is 2.44. The Hall–Kier alpha value is -11.4. The molecule has 19 atom stereocenters. The molecule has 46 nitrogen and oxygen atoms in total. The molecule has 2 aliphatic rings. The molecule has 27 N–H and O–H groups in total. The highest BCUT2D eigenvalue weighted by Crippen LogP contribution is 2.23. The van der Waals surface area contributed by atoms with Gasteiger partial charge >= 0.3 is 5.97 Å². The largest absolute Gasteiger partial charge is 0.458 e. The van der Waals surface area contributed by atoms with Crippen molar-refractivity contribution in [3.05, 3.63) is 23.5 Å². The van der Waals surface area contributed by atoms with Gasteiger partial charge in [0.05, 0.1) is 25.7 Å². The van der Waals surface area contributed by atoms with Crippen molar-refractivity contribution < 1.29 is 121 Å². The number of allylic oxidation sites excluding steroid dienone is 2. The number of aliphatic hydroxyl groups is 4. The van der Waals surface area contributed by atoms with Gasteiger partial charge in [-0.1, -0.05) is 156 Å². The predicted molar refractivity (Wildman–Crippen MR) is 516 cm³/mol. The molecule has 0 bridgehead atoms. The van der Waals surface area contributed by atoms with Crippen LogP contribution in [0.25, 0.3) is 0 Å². The van der Waals surface area contributed by atoms with Crippen LogP contribution in [0.15, 0.2) is 23.5 Å². The molecule has 0 aliphatic carbocycles. The number of hydrogen-bond acceptors (Lipinski definition) is 27. The van der Waals surface area contributed by atoms with Crippen LogP contribution in [0.4, 0.5) is 0 Å². The van der Waals surface area contributed by atoms with E-state index in [1.54, 1.807) is 111 Å². The lowest BCUT2D eigenvalue weighted by atomic mass is 9.96. The zero-order valence-corrected chi connectivity index (χ0v) is 85.2. The van der Waals surface area contributed by atoms with Crippen LogP contribution in [0, 0.1) is 47.3 Å².